The van der Waals surface area contributed by atoms with Crippen molar-refractivity contribution in [1.29, 1.82) is 0 Å². The Morgan fingerprint density at radius 3 is 2.53 bits per heavy atom. The summed E-state index contributed by atoms with van der Waals surface area (Å²) in [6.45, 7) is 0.928. The average Bonchev–Trinajstić information content (AvgIpc) is 2.33. The topological polar surface area (TPSA) is 57.6 Å². The van der Waals surface area contributed by atoms with Crippen LogP contribution < -0.4 is 0 Å². The highest BCUT2D eigenvalue weighted by Crippen LogP contribution is 2.15. The van der Waals surface area contributed by atoms with Crippen molar-refractivity contribution in [2.24, 2.45) is 0 Å². The average molecular weight is 233 g/mol. The first-order valence-electron chi connectivity index (χ1n) is 5.68. The summed E-state index contributed by atoms with van der Waals surface area (Å²) in [5.74, 6) is -0.101. The summed E-state index contributed by atoms with van der Waals surface area (Å²) in [6, 6.07) is 7.48. The van der Waals surface area contributed by atoms with Crippen LogP contribution in [0.4, 0.5) is 0 Å². The minimum Gasteiger partial charge on any atom is -0.392 e. The van der Waals surface area contributed by atoms with E-state index in [0.29, 0.717) is 19.5 Å². The third kappa shape index (κ3) is 2.71. The molecule has 1 heterocycles. The van der Waals surface area contributed by atoms with Crippen LogP contribution in [0.15, 0.2) is 24.3 Å². The fraction of sp³-hybridized carbons (Fsp3) is 0.385. The van der Waals surface area contributed by atoms with Crippen LogP contribution >= 0.6 is 0 Å². The van der Waals surface area contributed by atoms with Gasteiger partial charge in [0.1, 0.15) is 5.78 Å². The number of likely N-dealkylation sites (tertiary alicyclic amines) is 1. The Kier molecular flexibility index (Phi) is 3.54. The lowest BCUT2D eigenvalue weighted by Gasteiger charge is -2.26. The molecule has 1 N–H and O–H groups in total. The molecule has 0 bridgehead atoms. The predicted molar refractivity (Wildman–Crippen MR) is 62.0 cm³/mol. The van der Waals surface area contributed by atoms with E-state index in [1.54, 1.807) is 4.90 Å². The molecule has 1 saturated heterocycles. The summed E-state index contributed by atoms with van der Waals surface area (Å²) >= 11 is 0. The quantitative estimate of drug-likeness (QED) is 0.788. The second-order valence-electron chi connectivity index (χ2n) is 4.21. The van der Waals surface area contributed by atoms with E-state index >= 15 is 0 Å². The van der Waals surface area contributed by atoms with Crippen molar-refractivity contribution in [3.05, 3.63) is 35.4 Å². The summed E-state index contributed by atoms with van der Waals surface area (Å²) < 4.78 is 0. The second-order valence-corrected chi connectivity index (χ2v) is 4.21. The van der Waals surface area contributed by atoms with Gasteiger partial charge in [-0.05, 0) is 11.1 Å². The van der Waals surface area contributed by atoms with Gasteiger partial charge in [-0.25, -0.2) is 0 Å². The first-order valence-corrected chi connectivity index (χ1v) is 5.68. The summed E-state index contributed by atoms with van der Waals surface area (Å²) in [6.07, 6.45) is 0.453. The first-order chi connectivity index (χ1) is 8.20. The molecule has 17 heavy (non-hydrogen) atoms. The summed E-state index contributed by atoms with van der Waals surface area (Å²) in [5, 5.41) is 9.20. The van der Waals surface area contributed by atoms with Crippen molar-refractivity contribution in [2.75, 3.05) is 6.54 Å². The highest BCUT2D eigenvalue weighted by atomic mass is 16.3. The van der Waals surface area contributed by atoms with Crippen molar-refractivity contribution < 1.29 is 14.7 Å². The van der Waals surface area contributed by atoms with E-state index in [4.69, 9.17) is 0 Å². The van der Waals surface area contributed by atoms with Crippen molar-refractivity contribution in [3.63, 3.8) is 0 Å². The number of rotatable bonds is 3. The van der Waals surface area contributed by atoms with Crippen LogP contribution in [0.2, 0.25) is 0 Å². The number of amides is 1. The van der Waals surface area contributed by atoms with Crippen LogP contribution in [0.25, 0.3) is 0 Å². The smallest absolute Gasteiger partial charge is 0.230 e. The molecular weight excluding hydrogens is 218 g/mol. The fourth-order valence-corrected chi connectivity index (χ4v) is 1.99. The molecule has 1 amide bonds. The van der Waals surface area contributed by atoms with Crippen molar-refractivity contribution in [2.45, 2.75) is 26.0 Å². The normalized spacial score (nSPS) is 16.4. The van der Waals surface area contributed by atoms with E-state index in [9.17, 15) is 14.7 Å². The lowest BCUT2D eigenvalue weighted by molar-refractivity contribution is -0.139. The Hall–Kier alpha value is -1.68. The van der Waals surface area contributed by atoms with Gasteiger partial charge in [0.05, 0.1) is 13.0 Å². The Labute approximate surface area is 99.9 Å². The van der Waals surface area contributed by atoms with Gasteiger partial charge in [-0.1, -0.05) is 24.3 Å². The van der Waals surface area contributed by atoms with Crippen molar-refractivity contribution >= 4 is 11.7 Å². The number of piperidine rings is 1. The second kappa shape index (κ2) is 5.10. The zero-order chi connectivity index (χ0) is 12.3. The van der Waals surface area contributed by atoms with E-state index in [2.05, 4.69) is 0 Å². The molecular formula is C13H15NO3. The Morgan fingerprint density at radius 1 is 1.18 bits per heavy atom. The molecule has 4 heteroatoms. The number of Topliss-reactive ketones (excluding diaryl/α,β-unsaturated/α-hetero) is 1. The molecule has 0 unspecified atom stereocenters. The molecule has 1 aliphatic heterocycles. The molecule has 0 spiro atoms. The number of ketones is 1. The SMILES string of the molecule is O=C1CCN(Cc2ccccc2CO)C(=O)C1. The standard InChI is InChI=1S/C13H15NO3/c15-9-11-4-2-1-3-10(11)8-14-6-5-12(16)7-13(14)17/h1-4,15H,5-9H2. The maximum Gasteiger partial charge on any atom is 0.230 e. The molecule has 0 saturated carbocycles. The number of aliphatic hydroxyl groups is 1. The molecule has 1 aromatic rings. The third-order valence-electron chi connectivity index (χ3n) is 3.01. The lowest BCUT2D eigenvalue weighted by Crippen LogP contribution is -2.38. The van der Waals surface area contributed by atoms with Gasteiger partial charge in [0.2, 0.25) is 5.91 Å². The van der Waals surface area contributed by atoms with E-state index < -0.39 is 0 Å². The van der Waals surface area contributed by atoms with Gasteiger partial charge in [0.15, 0.2) is 0 Å². The molecule has 1 fully saturated rings. The maximum atomic E-state index is 11.7. The molecule has 1 aromatic carbocycles. The van der Waals surface area contributed by atoms with E-state index in [1.165, 1.54) is 0 Å². The minimum absolute atomic E-state index is 0.0152. The zero-order valence-corrected chi connectivity index (χ0v) is 9.56. The van der Waals surface area contributed by atoms with Crippen molar-refractivity contribution in [3.8, 4) is 0 Å². The van der Waals surface area contributed by atoms with Crippen LogP contribution in [0.1, 0.15) is 24.0 Å². The molecule has 90 valence electrons. The van der Waals surface area contributed by atoms with Crippen LogP contribution in [0.5, 0.6) is 0 Å². The molecule has 0 aliphatic carbocycles. The van der Waals surface area contributed by atoms with Crippen LogP contribution in [0.3, 0.4) is 0 Å². The van der Waals surface area contributed by atoms with Gasteiger partial charge in [-0.2, -0.15) is 0 Å². The molecule has 0 radical (unpaired) electrons. The van der Waals surface area contributed by atoms with Gasteiger partial charge in [-0.15, -0.1) is 0 Å². The molecule has 4 nitrogen and oxygen atoms in total. The zero-order valence-electron chi connectivity index (χ0n) is 9.56. The number of carbonyl (C=O) groups is 2. The number of benzene rings is 1. The number of aliphatic hydroxyl groups excluding tert-OH is 1. The number of hydrogen-bond acceptors (Lipinski definition) is 3. The number of hydrogen-bond donors (Lipinski definition) is 1. The lowest BCUT2D eigenvalue weighted by atomic mass is 10.0. The minimum atomic E-state index is -0.117. The van der Waals surface area contributed by atoms with Gasteiger partial charge in [0, 0.05) is 19.5 Å². The Bertz CT molecular complexity index is 442. The highest BCUT2D eigenvalue weighted by Gasteiger charge is 2.23. The molecule has 2 rings (SSSR count). The summed E-state index contributed by atoms with van der Waals surface area (Å²) in [5.41, 5.74) is 1.77. The van der Waals surface area contributed by atoms with Gasteiger partial charge in [0.25, 0.3) is 0 Å². The molecule has 1 aliphatic rings. The molecule has 0 atom stereocenters. The maximum absolute atomic E-state index is 11.7. The highest BCUT2D eigenvalue weighted by molar-refractivity contribution is 6.00. The van der Waals surface area contributed by atoms with E-state index in [0.717, 1.165) is 11.1 Å². The Balaban J connectivity index is 2.10. The first kappa shape index (κ1) is 11.8. The van der Waals surface area contributed by atoms with E-state index in [-0.39, 0.29) is 24.7 Å². The monoisotopic (exact) mass is 233 g/mol. The van der Waals surface area contributed by atoms with Crippen LogP contribution in [-0.2, 0) is 22.7 Å². The summed E-state index contributed by atoms with van der Waals surface area (Å²) in [7, 11) is 0. The van der Waals surface area contributed by atoms with Crippen LogP contribution in [0, 0.1) is 0 Å². The third-order valence-corrected chi connectivity index (χ3v) is 3.01. The number of carbonyl (C=O) groups excluding carboxylic acids is 2. The van der Waals surface area contributed by atoms with Gasteiger partial charge < -0.3 is 10.0 Å². The van der Waals surface area contributed by atoms with Gasteiger partial charge in [-0.3, -0.25) is 9.59 Å². The fourth-order valence-electron chi connectivity index (χ4n) is 1.99. The summed E-state index contributed by atoms with van der Waals surface area (Å²) in [4.78, 5) is 24.4. The van der Waals surface area contributed by atoms with E-state index in [1.807, 2.05) is 24.3 Å². The Morgan fingerprint density at radius 2 is 1.88 bits per heavy atom. The van der Waals surface area contributed by atoms with Crippen molar-refractivity contribution in [1.82, 2.24) is 4.90 Å². The number of nitrogens with zero attached hydrogens (tertiary/aromatic N) is 1. The van der Waals surface area contributed by atoms with Crippen LogP contribution in [-0.4, -0.2) is 28.2 Å². The largest absolute Gasteiger partial charge is 0.392 e. The molecule has 0 aromatic heterocycles. The predicted octanol–water partition coefficient (Wildman–Crippen LogP) is 0.870. The van der Waals surface area contributed by atoms with Gasteiger partial charge >= 0.3 is 0 Å².